The van der Waals surface area contributed by atoms with E-state index in [0.717, 1.165) is 37.5 Å². The lowest BCUT2D eigenvalue weighted by molar-refractivity contribution is 0.103. The molecule has 4 heteroatoms. The molecule has 15 heavy (non-hydrogen) atoms. The van der Waals surface area contributed by atoms with Crippen molar-refractivity contribution in [2.24, 2.45) is 0 Å². The lowest BCUT2D eigenvalue weighted by Gasteiger charge is -2.18. The summed E-state index contributed by atoms with van der Waals surface area (Å²) in [4.78, 5) is 0. The third kappa shape index (κ3) is 5.76. The SMILES string of the molecule is CCSCCC(CO)NCC1CCCO1. The van der Waals surface area contributed by atoms with Crippen molar-refractivity contribution in [3.8, 4) is 0 Å². The van der Waals surface area contributed by atoms with Gasteiger partial charge in [-0.15, -0.1) is 0 Å². The molecule has 0 bridgehead atoms. The van der Waals surface area contributed by atoms with Gasteiger partial charge in [0.25, 0.3) is 0 Å². The fourth-order valence-electron chi connectivity index (χ4n) is 1.73. The average molecular weight is 233 g/mol. The summed E-state index contributed by atoms with van der Waals surface area (Å²) < 4.78 is 5.52. The Kier molecular flexibility index (Phi) is 7.44. The highest BCUT2D eigenvalue weighted by atomic mass is 32.2. The highest BCUT2D eigenvalue weighted by molar-refractivity contribution is 7.99. The molecule has 0 spiro atoms. The molecule has 1 fully saturated rings. The van der Waals surface area contributed by atoms with Crippen molar-refractivity contribution in [3.05, 3.63) is 0 Å². The molecule has 90 valence electrons. The quantitative estimate of drug-likeness (QED) is 0.619. The standard InChI is InChI=1S/C11H23NO2S/c1-2-15-7-5-10(9-13)12-8-11-4-3-6-14-11/h10-13H,2-9H2,1H3. The van der Waals surface area contributed by atoms with Crippen molar-refractivity contribution in [1.82, 2.24) is 5.32 Å². The smallest absolute Gasteiger partial charge is 0.0700 e. The third-order valence-electron chi connectivity index (χ3n) is 2.69. The van der Waals surface area contributed by atoms with Crippen LogP contribution >= 0.6 is 11.8 Å². The molecule has 0 aromatic heterocycles. The van der Waals surface area contributed by atoms with Crippen molar-refractivity contribution in [2.45, 2.75) is 38.3 Å². The normalized spacial score (nSPS) is 23.2. The highest BCUT2D eigenvalue weighted by Gasteiger charge is 2.16. The fraction of sp³-hybridized carbons (Fsp3) is 1.00. The van der Waals surface area contributed by atoms with Gasteiger partial charge in [0.05, 0.1) is 12.7 Å². The summed E-state index contributed by atoms with van der Waals surface area (Å²) in [5.74, 6) is 2.28. The molecule has 1 rings (SSSR count). The molecular formula is C11H23NO2S. The van der Waals surface area contributed by atoms with Gasteiger partial charge >= 0.3 is 0 Å². The maximum absolute atomic E-state index is 9.19. The van der Waals surface area contributed by atoms with Gasteiger partial charge in [0.15, 0.2) is 0 Å². The Morgan fingerprint density at radius 1 is 1.60 bits per heavy atom. The second kappa shape index (κ2) is 8.39. The van der Waals surface area contributed by atoms with Crippen molar-refractivity contribution in [3.63, 3.8) is 0 Å². The van der Waals surface area contributed by atoms with Crippen LogP contribution in [0.2, 0.25) is 0 Å². The van der Waals surface area contributed by atoms with Gasteiger partial charge in [0.1, 0.15) is 0 Å². The molecule has 0 aromatic carbocycles. The second-order valence-corrected chi connectivity index (χ2v) is 5.30. The maximum Gasteiger partial charge on any atom is 0.0700 e. The van der Waals surface area contributed by atoms with Crippen LogP contribution in [0.4, 0.5) is 0 Å². The molecular weight excluding hydrogens is 210 g/mol. The van der Waals surface area contributed by atoms with Crippen LogP contribution in [0.3, 0.4) is 0 Å². The number of hydrogen-bond donors (Lipinski definition) is 2. The molecule has 2 N–H and O–H groups in total. The first kappa shape index (κ1) is 13.3. The van der Waals surface area contributed by atoms with E-state index in [-0.39, 0.29) is 12.6 Å². The van der Waals surface area contributed by atoms with Crippen LogP contribution in [-0.2, 0) is 4.74 Å². The number of nitrogens with one attached hydrogen (secondary N) is 1. The van der Waals surface area contributed by atoms with Gasteiger partial charge in [-0.1, -0.05) is 6.92 Å². The largest absolute Gasteiger partial charge is 0.395 e. The van der Waals surface area contributed by atoms with Gasteiger partial charge in [-0.2, -0.15) is 11.8 Å². The minimum Gasteiger partial charge on any atom is -0.395 e. The number of aliphatic hydroxyl groups excluding tert-OH is 1. The van der Waals surface area contributed by atoms with Gasteiger partial charge in [-0.25, -0.2) is 0 Å². The van der Waals surface area contributed by atoms with Gasteiger partial charge < -0.3 is 15.2 Å². The Balaban J connectivity index is 2.04. The first-order chi connectivity index (χ1) is 7.36. The Labute approximate surface area is 97.0 Å². The molecule has 1 heterocycles. The molecule has 3 nitrogen and oxygen atoms in total. The van der Waals surface area contributed by atoms with E-state index in [1.165, 1.54) is 6.42 Å². The Hall–Kier alpha value is 0.230. The first-order valence-corrected chi connectivity index (χ1v) is 7.05. The molecule has 0 aliphatic carbocycles. The zero-order valence-corrected chi connectivity index (χ0v) is 10.4. The van der Waals surface area contributed by atoms with Gasteiger partial charge in [0, 0.05) is 19.2 Å². The van der Waals surface area contributed by atoms with Gasteiger partial charge in [-0.3, -0.25) is 0 Å². The van der Waals surface area contributed by atoms with E-state index in [0.29, 0.717) is 6.10 Å². The summed E-state index contributed by atoms with van der Waals surface area (Å²) >= 11 is 1.93. The number of hydrogen-bond acceptors (Lipinski definition) is 4. The predicted molar refractivity (Wildman–Crippen MR) is 65.5 cm³/mol. The summed E-state index contributed by atoms with van der Waals surface area (Å²) in [5.41, 5.74) is 0. The molecule has 0 aromatic rings. The molecule has 1 aliphatic rings. The molecule has 1 saturated heterocycles. The van der Waals surface area contributed by atoms with Crippen LogP contribution in [0.15, 0.2) is 0 Å². The zero-order valence-electron chi connectivity index (χ0n) is 9.58. The van der Waals surface area contributed by atoms with Crippen molar-refractivity contribution in [1.29, 1.82) is 0 Å². The summed E-state index contributed by atoms with van der Waals surface area (Å²) in [6, 6.07) is 0.244. The molecule has 0 amide bonds. The van der Waals surface area contributed by atoms with Crippen LogP contribution in [-0.4, -0.2) is 48.5 Å². The van der Waals surface area contributed by atoms with E-state index in [4.69, 9.17) is 4.74 Å². The van der Waals surface area contributed by atoms with Crippen molar-refractivity contribution < 1.29 is 9.84 Å². The lowest BCUT2D eigenvalue weighted by atomic mass is 10.2. The van der Waals surface area contributed by atoms with Crippen LogP contribution in [0, 0.1) is 0 Å². The predicted octanol–water partition coefficient (Wildman–Crippen LogP) is 1.26. The van der Waals surface area contributed by atoms with Crippen LogP contribution in [0.5, 0.6) is 0 Å². The Morgan fingerprint density at radius 2 is 2.47 bits per heavy atom. The fourth-order valence-corrected chi connectivity index (χ4v) is 2.47. The lowest BCUT2D eigenvalue weighted by Crippen LogP contribution is -2.38. The highest BCUT2D eigenvalue weighted by Crippen LogP contribution is 2.11. The van der Waals surface area contributed by atoms with E-state index in [1.807, 2.05) is 11.8 Å². The number of thioether (sulfide) groups is 1. The van der Waals surface area contributed by atoms with Gasteiger partial charge in [0.2, 0.25) is 0 Å². The molecule has 1 aliphatic heterocycles. The first-order valence-electron chi connectivity index (χ1n) is 5.90. The topological polar surface area (TPSA) is 41.5 Å². The Bertz CT molecular complexity index is 152. The minimum atomic E-state index is 0.233. The van der Waals surface area contributed by atoms with Crippen LogP contribution < -0.4 is 5.32 Å². The van der Waals surface area contributed by atoms with E-state index in [2.05, 4.69) is 12.2 Å². The zero-order chi connectivity index (χ0) is 10.9. The molecule has 0 radical (unpaired) electrons. The van der Waals surface area contributed by atoms with Crippen LogP contribution in [0.1, 0.15) is 26.2 Å². The summed E-state index contributed by atoms with van der Waals surface area (Å²) in [7, 11) is 0. The van der Waals surface area contributed by atoms with E-state index in [1.54, 1.807) is 0 Å². The van der Waals surface area contributed by atoms with Gasteiger partial charge in [-0.05, 0) is 30.8 Å². The maximum atomic E-state index is 9.19. The number of aliphatic hydroxyl groups is 1. The molecule has 0 saturated carbocycles. The molecule has 2 unspecified atom stereocenters. The molecule has 2 atom stereocenters. The Morgan fingerprint density at radius 3 is 3.07 bits per heavy atom. The van der Waals surface area contributed by atoms with Crippen LogP contribution in [0.25, 0.3) is 0 Å². The monoisotopic (exact) mass is 233 g/mol. The van der Waals surface area contributed by atoms with Crippen molar-refractivity contribution in [2.75, 3.05) is 31.3 Å². The average Bonchev–Trinajstić information content (AvgIpc) is 2.76. The van der Waals surface area contributed by atoms with E-state index >= 15 is 0 Å². The number of ether oxygens (including phenoxy) is 1. The second-order valence-electron chi connectivity index (χ2n) is 3.91. The number of rotatable bonds is 8. The van der Waals surface area contributed by atoms with Crippen molar-refractivity contribution >= 4 is 11.8 Å². The summed E-state index contributed by atoms with van der Waals surface area (Å²) in [5, 5.41) is 12.6. The third-order valence-corrected chi connectivity index (χ3v) is 3.63. The summed E-state index contributed by atoms with van der Waals surface area (Å²) in [6.45, 7) is 4.19. The minimum absolute atomic E-state index is 0.233. The van der Waals surface area contributed by atoms with E-state index < -0.39 is 0 Å². The summed E-state index contributed by atoms with van der Waals surface area (Å²) in [6.07, 6.45) is 3.76. The van der Waals surface area contributed by atoms with E-state index in [9.17, 15) is 5.11 Å².